The Balaban J connectivity index is 1.37. The van der Waals surface area contributed by atoms with Gasteiger partial charge in [-0.25, -0.2) is 15.0 Å². The van der Waals surface area contributed by atoms with Gasteiger partial charge in [0.25, 0.3) is 0 Å². The first-order valence-corrected chi connectivity index (χ1v) is 14.4. The van der Waals surface area contributed by atoms with Gasteiger partial charge in [-0.15, -0.1) is 0 Å². The van der Waals surface area contributed by atoms with Gasteiger partial charge < -0.3 is 4.42 Å². The molecule has 0 saturated heterocycles. The minimum absolute atomic E-state index is 0.138. The van der Waals surface area contributed by atoms with Crippen LogP contribution in [0.4, 0.5) is 0 Å². The molecule has 0 saturated carbocycles. The first kappa shape index (κ1) is 15.3. The van der Waals surface area contributed by atoms with Crippen LogP contribution in [-0.2, 0) is 0 Å². The Kier molecular flexibility index (Phi) is 3.64. The van der Waals surface area contributed by atoms with E-state index < -0.39 is 141 Å². The molecule has 7 aromatic carbocycles. The first-order valence-electron chi connectivity index (χ1n) is 22.4. The Labute approximate surface area is 294 Å². The molecule has 4 heteroatoms. The summed E-state index contributed by atoms with van der Waals surface area (Å²) >= 11 is 0. The van der Waals surface area contributed by atoms with E-state index in [0.29, 0.717) is 22.3 Å². The van der Waals surface area contributed by atoms with Gasteiger partial charge in [0.1, 0.15) is 11.2 Å². The monoisotopic (exact) mass is 617 g/mol. The summed E-state index contributed by atoms with van der Waals surface area (Å²) in [7, 11) is 0. The summed E-state index contributed by atoms with van der Waals surface area (Å²) in [5.41, 5.74) is 1.07. The number of rotatable bonds is 5. The Bertz CT molecular complexity index is 3440. The molecule has 0 fully saturated rings. The number of hydrogen-bond acceptors (Lipinski definition) is 4. The highest BCUT2D eigenvalue weighted by molar-refractivity contribution is 6.12. The third-order valence-corrected chi connectivity index (χ3v) is 7.60. The number of benzene rings is 7. The van der Waals surface area contributed by atoms with Gasteiger partial charge in [0.15, 0.2) is 17.5 Å². The van der Waals surface area contributed by atoms with Gasteiger partial charge in [0, 0.05) is 27.5 Å². The van der Waals surface area contributed by atoms with Crippen LogP contribution in [0.15, 0.2) is 168 Å². The van der Waals surface area contributed by atoms with Crippen molar-refractivity contribution in [1.29, 1.82) is 0 Å². The molecule has 0 aliphatic carbocycles. The Morgan fingerprint density at radius 1 is 0.447 bits per heavy atom. The second-order valence-corrected chi connectivity index (χ2v) is 10.4. The summed E-state index contributed by atoms with van der Waals surface area (Å²) in [4.78, 5) is 13.8. The third-order valence-electron chi connectivity index (χ3n) is 7.60. The standard InChI is InChI=1S/C43H27N3O/c1-3-12-28(13-4-1)30-24-25-34-31(26-30)17-10-21-36(34)43-45-41(29-14-5-2-6-15-29)44-42(46-43)33-18-9-16-32(27-33)35-20-11-23-39-40(35)37-19-7-8-22-38(37)47-39/h1-27H/i1D,2D,3D,4D,5D,6D,10D,12D,13D,14D,15D,17D,21D,24D,25D,26D. The fraction of sp³-hybridized carbons (Fsp3) is 0. The van der Waals surface area contributed by atoms with Crippen molar-refractivity contribution in [2.24, 2.45) is 0 Å². The number of nitrogens with zero attached hydrogens (tertiary/aromatic N) is 3. The van der Waals surface area contributed by atoms with E-state index in [1.165, 1.54) is 0 Å². The van der Waals surface area contributed by atoms with Crippen molar-refractivity contribution in [3.63, 3.8) is 0 Å². The molecule has 220 valence electrons. The van der Waals surface area contributed by atoms with Gasteiger partial charge in [0.2, 0.25) is 0 Å². The van der Waals surface area contributed by atoms with E-state index in [1.54, 1.807) is 18.2 Å². The lowest BCUT2D eigenvalue weighted by Crippen LogP contribution is -2.00. The Morgan fingerprint density at radius 3 is 2.00 bits per heavy atom. The zero-order valence-corrected chi connectivity index (χ0v) is 24.1. The van der Waals surface area contributed by atoms with E-state index in [0.717, 1.165) is 16.3 Å². The zero-order valence-electron chi connectivity index (χ0n) is 40.1. The van der Waals surface area contributed by atoms with Gasteiger partial charge in [0.05, 0.1) is 21.9 Å². The molecule has 0 bridgehead atoms. The Hall–Kier alpha value is -6.39. The van der Waals surface area contributed by atoms with Crippen molar-refractivity contribution in [1.82, 2.24) is 15.0 Å². The van der Waals surface area contributed by atoms with Crippen LogP contribution >= 0.6 is 0 Å². The summed E-state index contributed by atoms with van der Waals surface area (Å²) < 4.78 is 145. The summed E-state index contributed by atoms with van der Waals surface area (Å²) in [5.74, 6) is -1.06. The van der Waals surface area contributed by atoms with Crippen LogP contribution in [0.25, 0.3) is 89.1 Å². The van der Waals surface area contributed by atoms with Crippen LogP contribution in [0, 0.1) is 0 Å². The molecule has 4 nitrogen and oxygen atoms in total. The van der Waals surface area contributed by atoms with Crippen molar-refractivity contribution in [2.45, 2.75) is 0 Å². The lowest BCUT2D eigenvalue weighted by Gasteiger charge is -2.12. The molecule has 2 aromatic heterocycles. The van der Waals surface area contributed by atoms with E-state index >= 15 is 0 Å². The molecule has 9 rings (SSSR count). The summed E-state index contributed by atoms with van der Waals surface area (Å²) in [6.45, 7) is 0. The first-order chi connectivity index (χ1) is 29.9. The average molecular weight is 618 g/mol. The molecule has 9 aromatic rings. The quantitative estimate of drug-likeness (QED) is 0.193. The fourth-order valence-corrected chi connectivity index (χ4v) is 5.51. The van der Waals surface area contributed by atoms with Crippen molar-refractivity contribution in [2.75, 3.05) is 0 Å². The smallest absolute Gasteiger partial charge is 0.164 e. The highest BCUT2D eigenvalue weighted by atomic mass is 16.3. The SMILES string of the molecule is [2H]c1c([2H])c([2H])c(-c2nc(-c3cccc(-c4cccc5oc6ccccc6c45)c3)nc(-c3c([2H])c([2H])c([2H])c4c([2H])c(-c5c([2H])c([2H])c([2H])c([2H])c5[2H])c([2H])c([2H])c34)n2)c([2H])c1[2H]. The molecule has 0 amide bonds. The van der Waals surface area contributed by atoms with E-state index in [-0.39, 0.29) is 5.82 Å². The molecule has 0 aliphatic heterocycles. The second kappa shape index (κ2) is 11.2. The summed E-state index contributed by atoms with van der Waals surface area (Å²) in [6.07, 6.45) is 0. The number of aromatic nitrogens is 3. The molecule has 0 N–H and O–H groups in total. The molecule has 47 heavy (non-hydrogen) atoms. The molecule has 0 spiro atoms. The summed E-state index contributed by atoms with van der Waals surface area (Å²) in [6, 6.07) is 8.41. The maximum Gasteiger partial charge on any atom is 0.164 e. The maximum atomic E-state index is 9.28. The van der Waals surface area contributed by atoms with Gasteiger partial charge in [-0.05, 0) is 57.3 Å². The lowest BCUT2D eigenvalue weighted by atomic mass is 9.97. The largest absolute Gasteiger partial charge is 0.456 e. The molecule has 2 heterocycles. The topological polar surface area (TPSA) is 51.8 Å². The number of fused-ring (bicyclic) bond motifs is 4. The molecule has 0 unspecified atom stereocenters. The molecule has 0 radical (unpaired) electrons. The van der Waals surface area contributed by atoms with E-state index in [1.807, 2.05) is 48.5 Å². The minimum atomic E-state index is -0.794. The highest BCUT2D eigenvalue weighted by Crippen LogP contribution is 2.38. The predicted octanol–water partition coefficient (Wildman–Crippen LogP) is 11.3. The van der Waals surface area contributed by atoms with Crippen molar-refractivity contribution < 1.29 is 26.3 Å². The predicted molar refractivity (Wildman–Crippen MR) is 192 cm³/mol. The number of para-hydroxylation sites is 1. The van der Waals surface area contributed by atoms with Crippen LogP contribution < -0.4 is 0 Å². The van der Waals surface area contributed by atoms with Gasteiger partial charge in [-0.2, -0.15) is 0 Å². The normalized spacial score (nSPS) is 16.2. The van der Waals surface area contributed by atoms with Gasteiger partial charge >= 0.3 is 0 Å². The van der Waals surface area contributed by atoms with Crippen molar-refractivity contribution >= 4 is 32.7 Å². The third kappa shape index (κ3) is 4.84. The molecule has 0 aliphatic rings. The van der Waals surface area contributed by atoms with Crippen LogP contribution in [-0.4, -0.2) is 15.0 Å². The van der Waals surface area contributed by atoms with Crippen LogP contribution in [0.2, 0.25) is 0 Å². The fourth-order valence-electron chi connectivity index (χ4n) is 5.51. The van der Waals surface area contributed by atoms with Crippen molar-refractivity contribution in [3.8, 4) is 56.4 Å². The van der Waals surface area contributed by atoms with Gasteiger partial charge in [-0.1, -0.05) is 139 Å². The van der Waals surface area contributed by atoms with Crippen LogP contribution in [0.1, 0.15) is 21.9 Å². The Morgan fingerprint density at radius 2 is 1.15 bits per heavy atom. The van der Waals surface area contributed by atoms with Crippen LogP contribution in [0.3, 0.4) is 0 Å². The molecular formula is C43H27N3O. The number of hydrogen-bond donors (Lipinski definition) is 0. The van der Waals surface area contributed by atoms with Gasteiger partial charge in [-0.3, -0.25) is 0 Å². The summed E-state index contributed by atoms with van der Waals surface area (Å²) in [5, 5.41) is 0.779. The minimum Gasteiger partial charge on any atom is -0.456 e. The van der Waals surface area contributed by atoms with E-state index in [2.05, 4.69) is 15.0 Å². The second-order valence-electron chi connectivity index (χ2n) is 10.4. The van der Waals surface area contributed by atoms with Crippen LogP contribution in [0.5, 0.6) is 0 Å². The maximum absolute atomic E-state index is 9.28. The zero-order chi connectivity index (χ0) is 45.1. The van der Waals surface area contributed by atoms with E-state index in [9.17, 15) is 2.74 Å². The number of furan rings is 1. The average Bonchev–Trinajstić information content (AvgIpc) is 3.67. The molecular weight excluding hydrogens is 574 g/mol. The molecule has 0 atom stereocenters. The van der Waals surface area contributed by atoms with Crippen molar-refractivity contribution in [3.05, 3.63) is 163 Å². The highest BCUT2D eigenvalue weighted by Gasteiger charge is 2.17. The van der Waals surface area contributed by atoms with E-state index in [4.69, 9.17) is 23.6 Å². The lowest BCUT2D eigenvalue weighted by molar-refractivity contribution is 0.669.